The fraction of sp³-hybridized carbons (Fsp3) is 0.400. The van der Waals surface area contributed by atoms with Crippen LogP contribution in [0.2, 0.25) is 0 Å². The van der Waals surface area contributed by atoms with Crippen molar-refractivity contribution >= 4 is 0 Å². The highest BCUT2D eigenvalue weighted by atomic mass is 16.3. The second kappa shape index (κ2) is 6.64. The molecule has 0 bridgehead atoms. The van der Waals surface area contributed by atoms with Crippen molar-refractivity contribution < 1.29 is 5.11 Å². The molecule has 0 aliphatic heterocycles. The zero-order valence-electron chi connectivity index (χ0n) is 14.3. The summed E-state index contributed by atoms with van der Waals surface area (Å²) in [6.07, 6.45) is 0. The molecule has 0 radical (unpaired) electrons. The number of hydrogen-bond donors (Lipinski definition) is 1. The molecule has 22 heavy (non-hydrogen) atoms. The highest BCUT2D eigenvalue weighted by Gasteiger charge is 2.39. The Morgan fingerprint density at radius 3 is 1.68 bits per heavy atom. The zero-order chi connectivity index (χ0) is 16.3. The smallest absolute Gasteiger partial charge is 0.119 e. The van der Waals surface area contributed by atoms with Gasteiger partial charge in [-0.3, -0.25) is 0 Å². The SMILES string of the molecule is Cc1ccccc1C(O)(c1ccccc1C)[C@@H](C)CN(C)C. The second-order valence-corrected chi connectivity index (χ2v) is 6.56. The van der Waals surface area contributed by atoms with Crippen LogP contribution in [0.4, 0.5) is 0 Å². The van der Waals surface area contributed by atoms with Gasteiger partial charge in [0, 0.05) is 12.5 Å². The first-order valence-corrected chi connectivity index (χ1v) is 7.86. The van der Waals surface area contributed by atoms with Gasteiger partial charge >= 0.3 is 0 Å². The van der Waals surface area contributed by atoms with Crippen molar-refractivity contribution in [2.24, 2.45) is 5.92 Å². The van der Waals surface area contributed by atoms with Crippen molar-refractivity contribution in [3.8, 4) is 0 Å². The summed E-state index contributed by atoms with van der Waals surface area (Å²) in [5.41, 5.74) is 3.26. The molecule has 0 heterocycles. The highest BCUT2D eigenvalue weighted by molar-refractivity contribution is 5.44. The van der Waals surface area contributed by atoms with Gasteiger partial charge in [0.05, 0.1) is 0 Å². The third kappa shape index (κ3) is 3.08. The lowest BCUT2D eigenvalue weighted by Crippen LogP contribution is -2.41. The number of aliphatic hydroxyl groups is 1. The molecule has 1 atom stereocenters. The Morgan fingerprint density at radius 1 is 0.909 bits per heavy atom. The quantitative estimate of drug-likeness (QED) is 0.909. The minimum absolute atomic E-state index is 0.0738. The largest absolute Gasteiger partial charge is 0.380 e. The lowest BCUT2D eigenvalue weighted by molar-refractivity contribution is 0.0124. The molecule has 2 aromatic carbocycles. The Kier molecular flexibility index (Phi) is 5.05. The lowest BCUT2D eigenvalue weighted by atomic mass is 9.74. The molecular weight excluding hydrogens is 270 g/mol. The fourth-order valence-electron chi connectivity index (χ4n) is 3.36. The Hall–Kier alpha value is -1.64. The molecule has 1 N–H and O–H groups in total. The molecular formula is C20H27NO. The molecule has 2 aromatic rings. The van der Waals surface area contributed by atoms with Crippen LogP contribution in [0.5, 0.6) is 0 Å². The predicted molar refractivity (Wildman–Crippen MR) is 93.1 cm³/mol. The summed E-state index contributed by atoms with van der Waals surface area (Å²) in [6.45, 7) is 7.08. The van der Waals surface area contributed by atoms with E-state index in [1.165, 1.54) is 0 Å². The Bertz CT molecular complexity index is 588. The first-order valence-electron chi connectivity index (χ1n) is 7.86. The van der Waals surface area contributed by atoms with E-state index in [9.17, 15) is 5.11 Å². The van der Waals surface area contributed by atoms with E-state index in [-0.39, 0.29) is 5.92 Å². The standard InChI is InChI=1S/C20H27NO/c1-15-10-6-8-12-18(15)20(22,17(3)14-21(4)5)19-13-9-7-11-16(19)2/h6-13,17,22H,14H2,1-5H3/t17-/m0/s1. The fourth-order valence-corrected chi connectivity index (χ4v) is 3.36. The maximum Gasteiger partial charge on any atom is 0.119 e. The van der Waals surface area contributed by atoms with Crippen molar-refractivity contribution in [2.75, 3.05) is 20.6 Å². The van der Waals surface area contributed by atoms with E-state index in [2.05, 4.69) is 37.8 Å². The van der Waals surface area contributed by atoms with E-state index in [1.807, 2.05) is 50.5 Å². The highest BCUT2D eigenvalue weighted by Crippen LogP contribution is 2.40. The minimum Gasteiger partial charge on any atom is -0.380 e. The number of rotatable bonds is 5. The van der Waals surface area contributed by atoms with Crippen LogP contribution >= 0.6 is 0 Å². The predicted octanol–water partition coefficient (Wildman–Crippen LogP) is 3.74. The first kappa shape index (κ1) is 16.7. The summed E-state index contributed by atoms with van der Waals surface area (Å²) in [6, 6.07) is 16.3. The molecule has 2 heteroatoms. The summed E-state index contributed by atoms with van der Waals surface area (Å²) >= 11 is 0. The summed E-state index contributed by atoms with van der Waals surface area (Å²) in [7, 11) is 4.10. The summed E-state index contributed by atoms with van der Waals surface area (Å²) < 4.78 is 0. The van der Waals surface area contributed by atoms with E-state index in [0.717, 1.165) is 28.8 Å². The van der Waals surface area contributed by atoms with Crippen molar-refractivity contribution in [1.82, 2.24) is 4.90 Å². The number of benzene rings is 2. The van der Waals surface area contributed by atoms with Crippen LogP contribution in [0.3, 0.4) is 0 Å². The second-order valence-electron chi connectivity index (χ2n) is 6.56. The van der Waals surface area contributed by atoms with Gasteiger partial charge in [0.25, 0.3) is 0 Å². The molecule has 2 rings (SSSR count). The zero-order valence-corrected chi connectivity index (χ0v) is 14.3. The third-order valence-electron chi connectivity index (χ3n) is 4.46. The van der Waals surface area contributed by atoms with Gasteiger partial charge in [0.1, 0.15) is 5.60 Å². The van der Waals surface area contributed by atoms with Crippen LogP contribution in [0, 0.1) is 19.8 Å². The molecule has 0 aliphatic rings. The van der Waals surface area contributed by atoms with E-state index in [0.29, 0.717) is 0 Å². The molecule has 0 saturated carbocycles. The molecule has 0 unspecified atom stereocenters. The number of hydrogen-bond acceptors (Lipinski definition) is 2. The van der Waals surface area contributed by atoms with E-state index in [1.54, 1.807) is 0 Å². The third-order valence-corrected chi connectivity index (χ3v) is 4.46. The molecule has 0 amide bonds. The van der Waals surface area contributed by atoms with Gasteiger partial charge in [-0.2, -0.15) is 0 Å². The van der Waals surface area contributed by atoms with Crippen LogP contribution in [0.25, 0.3) is 0 Å². The topological polar surface area (TPSA) is 23.5 Å². The minimum atomic E-state index is -0.985. The van der Waals surface area contributed by atoms with Crippen molar-refractivity contribution in [1.29, 1.82) is 0 Å². The van der Waals surface area contributed by atoms with Crippen molar-refractivity contribution in [3.63, 3.8) is 0 Å². The van der Waals surface area contributed by atoms with Crippen molar-refractivity contribution in [2.45, 2.75) is 26.4 Å². The van der Waals surface area contributed by atoms with Crippen LogP contribution < -0.4 is 0 Å². The maximum absolute atomic E-state index is 11.8. The molecule has 0 spiro atoms. The van der Waals surface area contributed by atoms with Crippen LogP contribution in [0.15, 0.2) is 48.5 Å². The molecule has 2 nitrogen and oxygen atoms in total. The van der Waals surface area contributed by atoms with Gasteiger partial charge in [-0.05, 0) is 50.2 Å². The van der Waals surface area contributed by atoms with Gasteiger partial charge in [0.2, 0.25) is 0 Å². The maximum atomic E-state index is 11.8. The van der Waals surface area contributed by atoms with E-state index < -0.39 is 5.60 Å². The summed E-state index contributed by atoms with van der Waals surface area (Å²) in [4.78, 5) is 2.13. The first-order chi connectivity index (χ1) is 10.4. The van der Waals surface area contributed by atoms with Gasteiger partial charge in [-0.15, -0.1) is 0 Å². The average molecular weight is 297 g/mol. The van der Waals surface area contributed by atoms with Gasteiger partial charge < -0.3 is 10.0 Å². The van der Waals surface area contributed by atoms with E-state index in [4.69, 9.17) is 0 Å². The van der Waals surface area contributed by atoms with Gasteiger partial charge in [-0.1, -0.05) is 55.5 Å². The monoisotopic (exact) mass is 297 g/mol. The summed E-state index contributed by atoms with van der Waals surface area (Å²) in [5.74, 6) is 0.0738. The van der Waals surface area contributed by atoms with Crippen LogP contribution in [0.1, 0.15) is 29.2 Å². The average Bonchev–Trinajstić information content (AvgIpc) is 2.46. The number of aryl methyl sites for hydroxylation is 2. The Balaban J connectivity index is 2.65. The molecule has 0 saturated heterocycles. The van der Waals surface area contributed by atoms with Gasteiger partial charge in [0.15, 0.2) is 0 Å². The van der Waals surface area contributed by atoms with Crippen LogP contribution in [-0.2, 0) is 5.60 Å². The Morgan fingerprint density at radius 2 is 1.32 bits per heavy atom. The Labute approximate surface area is 134 Å². The molecule has 0 fully saturated rings. The van der Waals surface area contributed by atoms with Crippen molar-refractivity contribution in [3.05, 3.63) is 70.8 Å². The molecule has 0 aliphatic carbocycles. The normalized spacial score (nSPS) is 13.4. The van der Waals surface area contributed by atoms with E-state index >= 15 is 0 Å². The number of nitrogens with zero attached hydrogens (tertiary/aromatic N) is 1. The molecule has 118 valence electrons. The molecule has 0 aromatic heterocycles. The van der Waals surface area contributed by atoms with Crippen LogP contribution in [-0.4, -0.2) is 30.6 Å². The lowest BCUT2D eigenvalue weighted by Gasteiger charge is -2.38. The summed E-state index contributed by atoms with van der Waals surface area (Å²) in [5, 5.41) is 11.8. The van der Waals surface area contributed by atoms with Gasteiger partial charge in [-0.25, -0.2) is 0 Å².